The van der Waals surface area contributed by atoms with Crippen molar-refractivity contribution in [3.63, 3.8) is 0 Å². The van der Waals surface area contributed by atoms with Crippen LogP contribution in [0, 0.1) is 0 Å². The van der Waals surface area contributed by atoms with Crippen LogP contribution >= 0.6 is 0 Å². The summed E-state index contributed by atoms with van der Waals surface area (Å²) in [7, 11) is 1.68. The van der Waals surface area contributed by atoms with Crippen LogP contribution in [0.3, 0.4) is 0 Å². The summed E-state index contributed by atoms with van der Waals surface area (Å²) in [5.41, 5.74) is 0. The molecule has 86 valence electrons. The van der Waals surface area contributed by atoms with E-state index in [9.17, 15) is 4.79 Å². The highest BCUT2D eigenvalue weighted by Crippen LogP contribution is 2.22. The van der Waals surface area contributed by atoms with Crippen LogP contribution in [-0.2, 0) is 4.74 Å². The van der Waals surface area contributed by atoms with Crippen molar-refractivity contribution in [2.45, 2.75) is 25.0 Å². The summed E-state index contributed by atoms with van der Waals surface area (Å²) in [5, 5.41) is 2.79. The first-order valence-corrected chi connectivity index (χ1v) is 5.34. The van der Waals surface area contributed by atoms with E-state index in [0.717, 1.165) is 12.8 Å². The number of hydrogen-bond acceptors (Lipinski definition) is 3. The number of amides is 1. The van der Waals surface area contributed by atoms with Crippen molar-refractivity contribution in [2.75, 3.05) is 7.11 Å². The van der Waals surface area contributed by atoms with Crippen LogP contribution in [0.5, 0.6) is 5.75 Å². The third-order valence-corrected chi connectivity index (χ3v) is 2.70. The Morgan fingerprint density at radius 1 is 1.31 bits per heavy atom. The Morgan fingerprint density at radius 3 is 2.62 bits per heavy atom. The van der Waals surface area contributed by atoms with Gasteiger partial charge in [0.05, 0.1) is 6.10 Å². The van der Waals surface area contributed by atoms with Crippen LogP contribution in [0.1, 0.15) is 12.8 Å². The van der Waals surface area contributed by atoms with Crippen LogP contribution in [0.4, 0.5) is 4.79 Å². The fourth-order valence-electron chi connectivity index (χ4n) is 1.67. The molecule has 4 heteroatoms. The molecule has 0 bridgehead atoms. The van der Waals surface area contributed by atoms with Crippen molar-refractivity contribution in [2.24, 2.45) is 0 Å². The molecule has 1 N–H and O–H groups in total. The molecule has 0 radical (unpaired) electrons. The molecule has 1 saturated carbocycles. The lowest BCUT2D eigenvalue weighted by molar-refractivity contribution is 0.0189. The quantitative estimate of drug-likeness (QED) is 0.848. The summed E-state index contributed by atoms with van der Waals surface area (Å²) in [4.78, 5) is 11.4. The van der Waals surface area contributed by atoms with E-state index in [4.69, 9.17) is 9.47 Å². The summed E-state index contributed by atoms with van der Waals surface area (Å²) in [6, 6.07) is 9.21. The summed E-state index contributed by atoms with van der Waals surface area (Å²) in [5.74, 6) is 0.558. The van der Waals surface area contributed by atoms with Crippen molar-refractivity contribution in [3.8, 4) is 5.75 Å². The van der Waals surface area contributed by atoms with Gasteiger partial charge >= 0.3 is 6.09 Å². The molecule has 1 aromatic carbocycles. The van der Waals surface area contributed by atoms with E-state index in [1.165, 1.54) is 0 Å². The van der Waals surface area contributed by atoms with Crippen LogP contribution < -0.4 is 10.1 Å². The Balaban J connectivity index is 1.74. The number of hydrogen-bond donors (Lipinski definition) is 1. The molecule has 0 spiro atoms. The van der Waals surface area contributed by atoms with Crippen LogP contribution in [0.25, 0.3) is 0 Å². The molecule has 0 aromatic heterocycles. The first-order chi connectivity index (χ1) is 7.78. The molecule has 1 fully saturated rings. The number of methoxy groups -OCH3 is 1. The molecular formula is C12H15NO3. The zero-order chi connectivity index (χ0) is 11.4. The highest BCUT2D eigenvalue weighted by molar-refractivity contribution is 5.70. The Hall–Kier alpha value is -1.55. The third kappa shape index (κ3) is 2.73. The fourth-order valence-corrected chi connectivity index (χ4v) is 1.67. The molecule has 1 aliphatic carbocycles. The maximum absolute atomic E-state index is 11.4. The SMILES string of the molecule is CO[C@H]1C[C@H](NC(=O)Oc2ccccc2)C1. The Kier molecular flexibility index (Phi) is 3.41. The minimum absolute atomic E-state index is 0.182. The third-order valence-electron chi connectivity index (χ3n) is 2.70. The van der Waals surface area contributed by atoms with Gasteiger partial charge in [0.15, 0.2) is 0 Å². The van der Waals surface area contributed by atoms with Crippen LogP contribution in [0.15, 0.2) is 30.3 Å². The fraction of sp³-hybridized carbons (Fsp3) is 0.417. The zero-order valence-corrected chi connectivity index (χ0v) is 9.18. The number of carbonyl (C=O) groups is 1. The number of nitrogens with one attached hydrogen (secondary N) is 1. The van der Waals surface area contributed by atoms with Gasteiger partial charge in [0.25, 0.3) is 0 Å². The molecule has 0 atom stereocenters. The monoisotopic (exact) mass is 221 g/mol. The number of benzene rings is 1. The first kappa shape index (κ1) is 11.0. The van der Waals surface area contributed by atoms with Gasteiger partial charge < -0.3 is 14.8 Å². The molecular weight excluding hydrogens is 206 g/mol. The number of ether oxygens (including phenoxy) is 2. The topological polar surface area (TPSA) is 47.6 Å². The maximum Gasteiger partial charge on any atom is 0.412 e. The van der Waals surface area contributed by atoms with E-state index >= 15 is 0 Å². The average molecular weight is 221 g/mol. The minimum atomic E-state index is -0.397. The highest BCUT2D eigenvalue weighted by atomic mass is 16.6. The maximum atomic E-state index is 11.4. The minimum Gasteiger partial charge on any atom is -0.410 e. The molecule has 1 amide bonds. The van der Waals surface area contributed by atoms with Gasteiger partial charge in [-0.25, -0.2) is 4.79 Å². The second kappa shape index (κ2) is 4.99. The van der Waals surface area contributed by atoms with Crippen molar-refractivity contribution in [1.82, 2.24) is 5.32 Å². The molecule has 0 aliphatic heterocycles. The first-order valence-electron chi connectivity index (χ1n) is 5.34. The van der Waals surface area contributed by atoms with Crippen molar-refractivity contribution in [1.29, 1.82) is 0 Å². The lowest BCUT2D eigenvalue weighted by atomic mass is 9.89. The predicted molar refractivity (Wildman–Crippen MR) is 59.4 cm³/mol. The zero-order valence-electron chi connectivity index (χ0n) is 9.18. The van der Waals surface area contributed by atoms with E-state index in [-0.39, 0.29) is 12.1 Å². The molecule has 16 heavy (non-hydrogen) atoms. The van der Waals surface area contributed by atoms with Crippen LogP contribution in [0.2, 0.25) is 0 Å². The second-order valence-electron chi connectivity index (χ2n) is 3.87. The summed E-state index contributed by atoms with van der Waals surface area (Å²) >= 11 is 0. The summed E-state index contributed by atoms with van der Waals surface area (Å²) < 4.78 is 10.2. The Morgan fingerprint density at radius 2 is 2.00 bits per heavy atom. The second-order valence-corrected chi connectivity index (χ2v) is 3.87. The van der Waals surface area contributed by atoms with Gasteiger partial charge in [-0.2, -0.15) is 0 Å². The number of carbonyl (C=O) groups excluding carboxylic acids is 1. The van der Waals surface area contributed by atoms with E-state index in [0.29, 0.717) is 5.75 Å². The number of rotatable bonds is 3. The summed E-state index contributed by atoms with van der Waals surface area (Å²) in [6.07, 6.45) is 1.61. The molecule has 0 heterocycles. The van der Waals surface area contributed by atoms with E-state index in [1.807, 2.05) is 18.2 Å². The van der Waals surface area contributed by atoms with Gasteiger partial charge in [-0.1, -0.05) is 18.2 Å². The van der Waals surface area contributed by atoms with E-state index in [1.54, 1.807) is 19.2 Å². The Labute approximate surface area is 94.6 Å². The average Bonchev–Trinajstić information content (AvgIpc) is 2.24. The van der Waals surface area contributed by atoms with Crippen molar-refractivity contribution < 1.29 is 14.3 Å². The van der Waals surface area contributed by atoms with Crippen LogP contribution in [-0.4, -0.2) is 25.3 Å². The molecule has 2 rings (SSSR count). The predicted octanol–water partition coefficient (Wildman–Crippen LogP) is 1.95. The van der Waals surface area contributed by atoms with E-state index < -0.39 is 6.09 Å². The smallest absolute Gasteiger partial charge is 0.410 e. The van der Waals surface area contributed by atoms with E-state index in [2.05, 4.69) is 5.32 Å². The van der Waals surface area contributed by atoms with Crippen molar-refractivity contribution in [3.05, 3.63) is 30.3 Å². The molecule has 4 nitrogen and oxygen atoms in total. The lowest BCUT2D eigenvalue weighted by Crippen LogP contribution is -2.48. The molecule has 0 saturated heterocycles. The van der Waals surface area contributed by atoms with Gasteiger partial charge in [-0.15, -0.1) is 0 Å². The van der Waals surface area contributed by atoms with Gasteiger partial charge in [-0.3, -0.25) is 0 Å². The van der Waals surface area contributed by atoms with Gasteiger partial charge in [-0.05, 0) is 25.0 Å². The lowest BCUT2D eigenvalue weighted by Gasteiger charge is -2.34. The molecule has 1 aliphatic rings. The standard InChI is InChI=1S/C12H15NO3/c1-15-11-7-9(8-11)13-12(14)16-10-5-3-2-4-6-10/h2-6,9,11H,7-8H2,1H3,(H,13,14)/t9-,11-. The normalized spacial score (nSPS) is 23.3. The number of para-hydroxylation sites is 1. The van der Waals surface area contributed by atoms with Gasteiger partial charge in [0.2, 0.25) is 0 Å². The largest absolute Gasteiger partial charge is 0.412 e. The molecule has 1 aromatic rings. The van der Waals surface area contributed by atoms with Crippen molar-refractivity contribution >= 4 is 6.09 Å². The summed E-state index contributed by atoms with van der Waals surface area (Å²) in [6.45, 7) is 0. The Bertz CT molecular complexity index is 347. The highest BCUT2D eigenvalue weighted by Gasteiger charge is 2.30. The van der Waals surface area contributed by atoms with Gasteiger partial charge in [0, 0.05) is 13.2 Å². The van der Waals surface area contributed by atoms with Gasteiger partial charge in [0.1, 0.15) is 5.75 Å². The molecule has 0 unspecified atom stereocenters.